The monoisotopic (exact) mass is 567 g/mol. The maximum Gasteiger partial charge on any atom is 0.405 e. The summed E-state index contributed by atoms with van der Waals surface area (Å²) < 4.78 is 44.7. The van der Waals surface area contributed by atoms with Crippen LogP contribution >= 0.6 is 0 Å². The van der Waals surface area contributed by atoms with Crippen LogP contribution in [0.25, 0.3) is 0 Å². The molecule has 9 nitrogen and oxygen atoms in total. The van der Waals surface area contributed by atoms with Gasteiger partial charge in [-0.3, -0.25) is 19.9 Å². The number of alkyl halides is 3. The van der Waals surface area contributed by atoms with Crippen LogP contribution in [0, 0.1) is 23.2 Å². The maximum absolute atomic E-state index is 14.9. The van der Waals surface area contributed by atoms with E-state index in [1.807, 2.05) is 0 Å². The molecular weight excluding hydrogens is 527 g/mol. The normalized spacial score (nSPS) is 26.1. The van der Waals surface area contributed by atoms with Gasteiger partial charge < -0.3 is 15.3 Å². The number of carboxylic acids is 1. The molecule has 0 aromatic carbocycles. The van der Waals surface area contributed by atoms with E-state index in [0.717, 1.165) is 32.1 Å². The van der Waals surface area contributed by atoms with Crippen LogP contribution in [0.2, 0.25) is 0 Å². The van der Waals surface area contributed by atoms with E-state index >= 15 is 0 Å². The molecule has 1 saturated heterocycles. The molecule has 6 atom stereocenters. The Hall–Kier alpha value is -2.76. The summed E-state index contributed by atoms with van der Waals surface area (Å²) in [6, 6.07) is -5.99. The minimum atomic E-state index is -4.81. The van der Waals surface area contributed by atoms with Crippen molar-refractivity contribution in [2.45, 2.75) is 102 Å². The quantitative estimate of drug-likeness (QED) is 0.437. The van der Waals surface area contributed by atoms with Crippen molar-refractivity contribution in [3.63, 3.8) is 0 Å². The van der Waals surface area contributed by atoms with Crippen LogP contribution in [0.5, 0.6) is 0 Å². The standard InChI is InChI=1S/C28H40F3N5O4/c1-27(2,3)23(25(38)36-15-17-10-7-11-18(17)21(36)26(39)40)35-22(28(29,30)31)20(16-8-5-4-6-9-16)34-24(37)19-14-32-12-13-33-19/h12-14,16-18,20-23,35H,4-11,15H2,1-3H3,(H,34,37)(H,39,40)/t17-,18-,20?,21-,22?,23?/m0/s1. The molecule has 12 heteroatoms. The molecular formula is C28H40F3N5O4. The third-order valence-electron chi connectivity index (χ3n) is 8.85. The van der Waals surface area contributed by atoms with E-state index in [1.54, 1.807) is 20.8 Å². The molecule has 3 unspecified atom stereocenters. The molecule has 0 bridgehead atoms. The number of hydrogen-bond acceptors (Lipinski definition) is 6. The number of carbonyl (C=O) groups is 3. The van der Waals surface area contributed by atoms with Crippen LogP contribution in [0.4, 0.5) is 13.2 Å². The number of carbonyl (C=O) groups excluding carboxylic acids is 2. The summed E-state index contributed by atoms with van der Waals surface area (Å²) in [4.78, 5) is 48.3. The Morgan fingerprint density at radius 2 is 1.73 bits per heavy atom. The number of nitrogens with one attached hydrogen (secondary N) is 2. The lowest BCUT2D eigenvalue weighted by Gasteiger charge is -2.42. The van der Waals surface area contributed by atoms with Crippen LogP contribution in [-0.4, -0.2) is 74.6 Å². The van der Waals surface area contributed by atoms with Gasteiger partial charge >= 0.3 is 12.1 Å². The Bertz CT molecular complexity index is 1060. The molecule has 1 aromatic heterocycles. The number of halogens is 3. The first kappa shape index (κ1) is 30.2. The Kier molecular flexibility index (Phi) is 9.06. The minimum absolute atomic E-state index is 0.0327. The maximum atomic E-state index is 14.9. The van der Waals surface area contributed by atoms with Gasteiger partial charge in [-0.2, -0.15) is 13.2 Å². The van der Waals surface area contributed by atoms with Gasteiger partial charge in [-0.05, 0) is 48.9 Å². The van der Waals surface area contributed by atoms with Crippen LogP contribution in [0.15, 0.2) is 18.6 Å². The summed E-state index contributed by atoms with van der Waals surface area (Å²) in [5.74, 6) is -3.17. The fourth-order valence-corrected chi connectivity index (χ4v) is 6.90. The lowest BCUT2D eigenvalue weighted by atomic mass is 9.79. The van der Waals surface area contributed by atoms with Gasteiger partial charge in [0.1, 0.15) is 17.8 Å². The second-order valence-corrected chi connectivity index (χ2v) is 12.6. The molecule has 2 heterocycles. The first-order valence-corrected chi connectivity index (χ1v) is 14.2. The third-order valence-corrected chi connectivity index (χ3v) is 8.85. The lowest BCUT2D eigenvalue weighted by molar-refractivity contribution is -0.173. The van der Waals surface area contributed by atoms with Gasteiger partial charge in [-0.15, -0.1) is 0 Å². The molecule has 2 aliphatic carbocycles. The van der Waals surface area contributed by atoms with E-state index < -0.39 is 59.5 Å². The number of aliphatic carboxylic acids is 1. The summed E-state index contributed by atoms with van der Waals surface area (Å²) >= 11 is 0. The van der Waals surface area contributed by atoms with Crippen molar-refractivity contribution in [2.75, 3.05) is 6.54 Å². The SMILES string of the molecule is CC(C)(C)C(NC(C(NC(=O)c1cnccn1)C1CCCCC1)C(F)(F)F)C(=O)N1C[C@@H]2CCC[C@@H]2[C@H]1C(=O)O. The number of likely N-dealkylation sites (tertiary alicyclic amines) is 1. The van der Waals surface area contributed by atoms with Gasteiger partial charge in [-0.1, -0.05) is 46.5 Å². The highest BCUT2D eigenvalue weighted by Crippen LogP contribution is 2.43. The van der Waals surface area contributed by atoms with E-state index in [0.29, 0.717) is 19.3 Å². The molecule has 2 saturated carbocycles. The Morgan fingerprint density at radius 3 is 2.30 bits per heavy atom. The van der Waals surface area contributed by atoms with Gasteiger partial charge in [0.2, 0.25) is 5.91 Å². The van der Waals surface area contributed by atoms with Crippen molar-refractivity contribution >= 4 is 17.8 Å². The van der Waals surface area contributed by atoms with Crippen LogP contribution in [-0.2, 0) is 9.59 Å². The molecule has 2 amide bonds. The number of nitrogens with zero attached hydrogens (tertiary/aromatic N) is 3. The molecule has 3 fully saturated rings. The molecule has 4 rings (SSSR count). The molecule has 0 spiro atoms. The molecule has 0 radical (unpaired) electrons. The van der Waals surface area contributed by atoms with Gasteiger partial charge in [0.25, 0.3) is 5.91 Å². The topological polar surface area (TPSA) is 125 Å². The Balaban J connectivity index is 1.66. The summed E-state index contributed by atoms with van der Waals surface area (Å²) in [6.07, 6.45) is 4.81. The lowest BCUT2D eigenvalue weighted by Crippen LogP contribution is -2.66. The number of amides is 2. The highest BCUT2D eigenvalue weighted by molar-refractivity contribution is 5.92. The first-order chi connectivity index (χ1) is 18.8. The van der Waals surface area contributed by atoms with Crippen molar-refractivity contribution < 1.29 is 32.7 Å². The number of hydrogen-bond donors (Lipinski definition) is 3. The molecule has 40 heavy (non-hydrogen) atoms. The van der Waals surface area contributed by atoms with Crippen molar-refractivity contribution in [1.29, 1.82) is 0 Å². The van der Waals surface area contributed by atoms with Crippen molar-refractivity contribution in [2.24, 2.45) is 23.2 Å². The molecule has 1 aromatic rings. The van der Waals surface area contributed by atoms with Gasteiger partial charge in [0, 0.05) is 18.9 Å². The average molecular weight is 568 g/mol. The highest BCUT2D eigenvalue weighted by atomic mass is 19.4. The zero-order chi connectivity index (χ0) is 29.2. The van der Waals surface area contributed by atoms with Crippen molar-refractivity contribution in [3.8, 4) is 0 Å². The van der Waals surface area contributed by atoms with E-state index in [4.69, 9.17) is 0 Å². The number of carboxylic acid groups (broad SMARTS) is 1. The highest BCUT2D eigenvalue weighted by Gasteiger charge is 2.55. The largest absolute Gasteiger partial charge is 0.480 e. The predicted molar refractivity (Wildman–Crippen MR) is 140 cm³/mol. The van der Waals surface area contributed by atoms with E-state index in [9.17, 15) is 32.7 Å². The van der Waals surface area contributed by atoms with Crippen molar-refractivity contribution in [1.82, 2.24) is 25.5 Å². The minimum Gasteiger partial charge on any atom is -0.480 e. The molecule has 3 aliphatic rings. The van der Waals surface area contributed by atoms with E-state index in [2.05, 4.69) is 20.6 Å². The third kappa shape index (κ3) is 6.58. The summed E-state index contributed by atoms with van der Waals surface area (Å²) in [7, 11) is 0. The first-order valence-electron chi connectivity index (χ1n) is 14.2. The fourth-order valence-electron chi connectivity index (χ4n) is 6.90. The van der Waals surface area contributed by atoms with Gasteiger partial charge in [0.15, 0.2) is 0 Å². The van der Waals surface area contributed by atoms with E-state index in [1.165, 1.54) is 23.5 Å². The average Bonchev–Trinajstić information content (AvgIpc) is 3.49. The summed E-state index contributed by atoms with van der Waals surface area (Å²) in [5, 5.41) is 15.2. The van der Waals surface area contributed by atoms with E-state index in [-0.39, 0.29) is 24.1 Å². The Labute approximate surface area is 232 Å². The van der Waals surface area contributed by atoms with Crippen molar-refractivity contribution in [3.05, 3.63) is 24.3 Å². The second-order valence-electron chi connectivity index (χ2n) is 12.6. The number of fused-ring (bicyclic) bond motifs is 1. The summed E-state index contributed by atoms with van der Waals surface area (Å²) in [6.45, 7) is 5.21. The summed E-state index contributed by atoms with van der Waals surface area (Å²) in [5.41, 5.74) is -1.08. The zero-order valence-corrected chi connectivity index (χ0v) is 23.3. The van der Waals surface area contributed by atoms with Crippen LogP contribution < -0.4 is 10.6 Å². The fraction of sp³-hybridized carbons (Fsp3) is 0.750. The molecule has 1 aliphatic heterocycles. The molecule has 3 N–H and O–H groups in total. The smallest absolute Gasteiger partial charge is 0.405 e. The predicted octanol–water partition coefficient (Wildman–Crippen LogP) is 3.80. The molecule has 222 valence electrons. The second kappa shape index (κ2) is 12.0. The number of aromatic nitrogens is 2. The van der Waals surface area contributed by atoms with Crippen LogP contribution in [0.1, 0.15) is 82.6 Å². The zero-order valence-electron chi connectivity index (χ0n) is 23.3. The van der Waals surface area contributed by atoms with Crippen LogP contribution in [0.3, 0.4) is 0 Å². The Morgan fingerprint density at radius 1 is 1.02 bits per heavy atom. The van der Waals surface area contributed by atoms with Gasteiger partial charge in [0.05, 0.1) is 18.3 Å². The van der Waals surface area contributed by atoms with Gasteiger partial charge in [-0.25, -0.2) is 9.78 Å². The number of rotatable bonds is 8.